The lowest BCUT2D eigenvalue weighted by Gasteiger charge is -2.33. The molecular weight excluding hydrogens is 484 g/mol. The number of aliphatic imine (C=N–C) groups is 1. The molecule has 2 aromatic rings. The average molecular weight is 517 g/mol. The van der Waals surface area contributed by atoms with Gasteiger partial charge in [-0.3, -0.25) is 14.8 Å². The van der Waals surface area contributed by atoms with Crippen molar-refractivity contribution < 1.29 is 22.7 Å². The fourth-order valence-electron chi connectivity index (χ4n) is 4.41. The second-order valence-electron chi connectivity index (χ2n) is 9.12. The summed E-state index contributed by atoms with van der Waals surface area (Å²) in [6.45, 7) is 4.27. The minimum Gasteiger partial charge on any atom is -0.458 e. The van der Waals surface area contributed by atoms with Crippen molar-refractivity contribution in [1.82, 2.24) is 20.3 Å². The number of carbonyl (C=O) groups is 1. The number of nitrogens with one attached hydrogen (secondary N) is 1. The molecule has 0 aliphatic carbocycles. The van der Waals surface area contributed by atoms with Crippen LogP contribution >= 0.6 is 0 Å². The van der Waals surface area contributed by atoms with Crippen molar-refractivity contribution in [3.8, 4) is 6.01 Å². The Morgan fingerprint density at radius 1 is 1.28 bits per heavy atom. The summed E-state index contributed by atoms with van der Waals surface area (Å²) < 4.78 is 33.7. The summed E-state index contributed by atoms with van der Waals surface area (Å²) in [4.78, 5) is 32.9. The predicted octanol–water partition coefficient (Wildman–Crippen LogP) is 1.28. The molecular formula is C24H32N6O5S. The summed E-state index contributed by atoms with van der Waals surface area (Å²) in [5.41, 5.74) is 3.43. The zero-order valence-corrected chi connectivity index (χ0v) is 21.6. The summed E-state index contributed by atoms with van der Waals surface area (Å²) in [5.74, 6) is 0.295. The van der Waals surface area contributed by atoms with E-state index >= 15 is 0 Å². The van der Waals surface area contributed by atoms with Gasteiger partial charge in [-0.25, -0.2) is 8.42 Å². The Kier molecular flexibility index (Phi) is 8.14. The van der Waals surface area contributed by atoms with Crippen molar-refractivity contribution in [2.45, 2.75) is 32.4 Å². The number of piperidine rings is 1. The number of amides is 1. The van der Waals surface area contributed by atoms with Gasteiger partial charge in [0.2, 0.25) is 0 Å². The molecule has 1 N–H and O–H groups in total. The second kappa shape index (κ2) is 11.3. The summed E-state index contributed by atoms with van der Waals surface area (Å²) >= 11 is 0. The van der Waals surface area contributed by atoms with Gasteiger partial charge in [0.15, 0.2) is 0 Å². The number of carbonyl (C=O) groups excluding carboxylic acids is 1. The second-order valence-corrected chi connectivity index (χ2v) is 11.4. The molecule has 0 bridgehead atoms. The molecule has 194 valence electrons. The quantitative estimate of drug-likeness (QED) is 0.495. The number of hydrogen-bond donors (Lipinski definition) is 1. The van der Waals surface area contributed by atoms with Crippen LogP contribution in [0.3, 0.4) is 0 Å². The molecule has 11 nitrogen and oxygen atoms in total. The number of rotatable bonds is 10. The highest BCUT2D eigenvalue weighted by atomic mass is 32.2. The third kappa shape index (κ3) is 6.55. The third-order valence-corrected chi connectivity index (χ3v) is 7.11. The normalized spacial score (nSPS) is 16.9. The Labute approximate surface area is 211 Å². The molecule has 1 saturated heterocycles. The number of aromatic nitrogens is 3. The van der Waals surface area contributed by atoms with Crippen LogP contribution in [-0.2, 0) is 21.1 Å². The molecule has 4 heterocycles. The maximum atomic E-state index is 12.8. The molecule has 1 fully saturated rings. The fourth-order valence-corrected chi connectivity index (χ4v) is 4.88. The highest BCUT2D eigenvalue weighted by Crippen LogP contribution is 2.30. The number of nitrogens with zero attached hydrogens (tertiary/aromatic N) is 5. The Bertz CT molecular complexity index is 1230. The molecule has 0 aromatic carbocycles. The van der Waals surface area contributed by atoms with Crippen LogP contribution in [0.1, 0.15) is 41.5 Å². The van der Waals surface area contributed by atoms with Crippen molar-refractivity contribution in [2.75, 3.05) is 50.3 Å². The summed E-state index contributed by atoms with van der Waals surface area (Å²) in [6.07, 6.45) is 4.40. The number of methoxy groups -OCH3 is 1. The van der Waals surface area contributed by atoms with Crippen LogP contribution in [-0.4, -0.2) is 86.5 Å². The lowest BCUT2D eigenvalue weighted by Crippen LogP contribution is -2.37. The van der Waals surface area contributed by atoms with E-state index in [4.69, 9.17) is 14.5 Å². The Hall–Kier alpha value is -3.12. The number of anilines is 1. The maximum Gasteiger partial charge on any atom is 0.319 e. The standard InChI is InChI=1S/C24H32N6O5S/c1-16(15-34-2)35-24-28-19(23(31)26-9-12-36(3,32)33)13-21(29-24)30-10-6-17(7-11-30)22-18-5-4-8-25-20(18)14-27-22/h4-5,8,13,16-17H,6-7,9-12,14-15H2,1-3H3,(H,26,31)/t16-/m1/s1. The van der Waals surface area contributed by atoms with Gasteiger partial charge in [-0.15, -0.1) is 0 Å². The number of sulfone groups is 1. The Morgan fingerprint density at radius 2 is 2.06 bits per heavy atom. The highest BCUT2D eigenvalue weighted by Gasteiger charge is 2.29. The maximum absolute atomic E-state index is 12.8. The minimum absolute atomic E-state index is 0.00287. The van der Waals surface area contributed by atoms with Crippen LogP contribution in [0.4, 0.5) is 5.82 Å². The smallest absolute Gasteiger partial charge is 0.319 e. The van der Waals surface area contributed by atoms with Crippen molar-refractivity contribution in [3.05, 3.63) is 41.3 Å². The molecule has 2 aromatic heterocycles. The van der Waals surface area contributed by atoms with E-state index in [2.05, 4.69) is 31.2 Å². The van der Waals surface area contributed by atoms with Crippen LogP contribution in [0.5, 0.6) is 6.01 Å². The summed E-state index contributed by atoms with van der Waals surface area (Å²) in [6, 6.07) is 5.73. The number of fused-ring (bicyclic) bond motifs is 1. The molecule has 1 atom stereocenters. The third-order valence-electron chi connectivity index (χ3n) is 6.16. The number of hydrogen-bond acceptors (Lipinski definition) is 10. The van der Waals surface area contributed by atoms with E-state index in [1.165, 1.54) is 0 Å². The predicted molar refractivity (Wildman–Crippen MR) is 135 cm³/mol. The number of ether oxygens (including phenoxy) is 2. The van der Waals surface area contributed by atoms with Gasteiger partial charge in [0.05, 0.1) is 24.6 Å². The topological polar surface area (TPSA) is 136 Å². The van der Waals surface area contributed by atoms with Gasteiger partial charge in [-0.1, -0.05) is 0 Å². The monoisotopic (exact) mass is 516 g/mol. The lowest BCUT2D eigenvalue weighted by molar-refractivity contribution is 0.0843. The van der Waals surface area contributed by atoms with Crippen LogP contribution in [0.15, 0.2) is 29.4 Å². The van der Waals surface area contributed by atoms with E-state index in [0.29, 0.717) is 24.9 Å². The van der Waals surface area contributed by atoms with Crippen molar-refractivity contribution in [3.63, 3.8) is 0 Å². The van der Waals surface area contributed by atoms with Crippen molar-refractivity contribution in [2.24, 2.45) is 10.9 Å². The van der Waals surface area contributed by atoms with E-state index in [9.17, 15) is 13.2 Å². The first kappa shape index (κ1) is 26.0. The summed E-state index contributed by atoms with van der Waals surface area (Å²) in [7, 11) is -1.62. The van der Waals surface area contributed by atoms with Crippen molar-refractivity contribution in [1.29, 1.82) is 0 Å². The molecule has 12 heteroatoms. The van der Waals surface area contributed by atoms with E-state index in [1.807, 2.05) is 13.0 Å². The van der Waals surface area contributed by atoms with Gasteiger partial charge in [0.25, 0.3) is 5.91 Å². The van der Waals surface area contributed by atoms with E-state index < -0.39 is 15.7 Å². The first-order valence-corrected chi connectivity index (χ1v) is 14.0. The van der Waals surface area contributed by atoms with Gasteiger partial charge in [0, 0.05) is 62.5 Å². The molecule has 2 aliphatic heterocycles. The molecule has 4 rings (SSSR count). The first-order chi connectivity index (χ1) is 17.2. The molecule has 36 heavy (non-hydrogen) atoms. The first-order valence-electron chi connectivity index (χ1n) is 12.0. The van der Waals surface area contributed by atoms with Crippen LogP contribution < -0.4 is 15.0 Å². The van der Waals surface area contributed by atoms with Crippen molar-refractivity contribution >= 4 is 27.3 Å². The van der Waals surface area contributed by atoms with E-state index in [-0.39, 0.29) is 30.1 Å². The van der Waals surface area contributed by atoms with Gasteiger partial charge in [0.1, 0.15) is 27.5 Å². The molecule has 0 saturated carbocycles. The average Bonchev–Trinajstić information content (AvgIpc) is 3.27. The Balaban J connectivity index is 1.48. The molecule has 0 unspecified atom stereocenters. The molecule has 0 radical (unpaired) electrons. The van der Waals surface area contributed by atoms with Crippen LogP contribution in [0, 0.1) is 5.92 Å². The van der Waals surface area contributed by atoms with E-state index in [0.717, 1.165) is 49.2 Å². The zero-order chi connectivity index (χ0) is 25.7. The van der Waals surface area contributed by atoms with Gasteiger partial charge >= 0.3 is 6.01 Å². The summed E-state index contributed by atoms with van der Waals surface area (Å²) in [5, 5.41) is 2.62. The highest BCUT2D eigenvalue weighted by molar-refractivity contribution is 7.90. The lowest BCUT2D eigenvalue weighted by atomic mass is 9.88. The van der Waals surface area contributed by atoms with Crippen LogP contribution in [0.25, 0.3) is 0 Å². The van der Waals surface area contributed by atoms with E-state index in [1.54, 1.807) is 19.4 Å². The fraction of sp³-hybridized carbons (Fsp3) is 0.542. The van der Waals surface area contributed by atoms with Gasteiger partial charge in [-0.05, 0) is 31.9 Å². The Morgan fingerprint density at radius 3 is 2.78 bits per heavy atom. The van der Waals surface area contributed by atoms with Crippen LogP contribution in [0.2, 0.25) is 0 Å². The van der Waals surface area contributed by atoms with Gasteiger partial charge in [-0.2, -0.15) is 9.97 Å². The number of pyridine rings is 1. The zero-order valence-electron chi connectivity index (χ0n) is 20.8. The molecule has 0 spiro atoms. The largest absolute Gasteiger partial charge is 0.458 e. The molecule has 2 aliphatic rings. The SMILES string of the molecule is COC[C@@H](C)Oc1nc(C(=O)NCCS(C)(=O)=O)cc(N2CCC(C3=NCc4ncccc43)CC2)n1. The van der Waals surface area contributed by atoms with Gasteiger partial charge < -0.3 is 19.7 Å². The molecule has 1 amide bonds. The minimum atomic E-state index is -3.20.